The highest BCUT2D eigenvalue weighted by molar-refractivity contribution is 7.13. The Labute approximate surface area is 198 Å². The lowest BCUT2D eigenvalue weighted by molar-refractivity contribution is 0.0699. The van der Waals surface area contributed by atoms with Crippen molar-refractivity contribution in [3.05, 3.63) is 83.5 Å². The molecule has 3 aromatic heterocycles. The van der Waals surface area contributed by atoms with Gasteiger partial charge >= 0.3 is 0 Å². The van der Waals surface area contributed by atoms with Crippen molar-refractivity contribution in [1.29, 1.82) is 0 Å². The fourth-order valence-corrected chi connectivity index (χ4v) is 5.12. The van der Waals surface area contributed by atoms with Gasteiger partial charge in [-0.3, -0.25) is 4.79 Å². The standard InChI is InChI=1S/C25H21FN6OS/c26-17-5-3-6-18(15-17)32-24(21-9-4-14-34-21)29-23(30-32)25(33)31-12-10-16(11-13-31)22-27-19-7-1-2-8-20(19)28-22/h1-9,14-16H,10-13H2,(H,27,28). The van der Waals surface area contributed by atoms with E-state index in [1.54, 1.807) is 21.7 Å². The second kappa shape index (κ2) is 8.49. The summed E-state index contributed by atoms with van der Waals surface area (Å²) in [6.45, 7) is 1.20. The van der Waals surface area contributed by atoms with Crippen LogP contribution in [-0.2, 0) is 0 Å². The molecule has 1 aliphatic rings. The van der Waals surface area contributed by atoms with Gasteiger partial charge in [-0.15, -0.1) is 16.4 Å². The molecule has 0 bridgehead atoms. The van der Waals surface area contributed by atoms with Crippen LogP contribution in [0.1, 0.15) is 35.2 Å². The third-order valence-electron chi connectivity index (χ3n) is 6.17. The third kappa shape index (κ3) is 3.77. The number of fused-ring (bicyclic) bond motifs is 1. The number of piperidine rings is 1. The van der Waals surface area contributed by atoms with Gasteiger partial charge in [0.2, 0.25) is 5.82 Å². The zero-order valence-electron chi connectivity index (χ0n) is 18.2. The first kappa shape index (κ1) is 20.7. The number of imidazole rings is 1. The Balaban J connectivity index is 1.24. The summed E-state index contributed by atoms with van der Waals surface area (Å²) in [7, 11) is 0. The molecule has 2 aromatic carbocycles. The molecule has 4 heterocycles. The summed E-state index contributed by atoms with van der Waals surface area (Å²) in [6, 6.07) is 18.0. The Morgan fingerprint density at radius 3 is 2.65 bits per heavy atom. The topological polar surface area (TPSA) is 79.7 Å². The monoisotopic (exact) mass is 472 g/mol. The van der Waals surface area contributed by atoms with Crippen molar-refractivity contribution in [3.8, 4) is 16.4 Å². The molecule has 170 valence electrons. The average molecular weight is 473 g/mol. The quantitative estimate of drug-likeness (QED) is 0.398. The lowest BCUT2D eigenvalue weighted by atomic mass is 9.96. The molecule has 9 heteroatoms. The Bertz CT molecular complexity index is 1430. The number of nitrogens with zero attached hydrogens (tertiary/aromatic N) is 5. The van der Waals surface area contributed by atoms with E-state index in [1.807, 2.05) is 41.8 Å². The van der Waals surface area contributed by atoms with Gasteiger partial charge in [0, 0.05) is 19.0 Å². The van der Waals surface area contributed by atoms with Gasteiger partial charge in [-0.05, 0) is 54.6 Å². The highest BCUT2D eigenvalue weighted by atomic mass is 32.1. The minimum Gasteiger partial charge on any atom is -0.342 e. The molecule has 6 rings (SSSR count). The van der Waals surface area contributed by atoms with E-state index in [1.165, 1.54) is 23.5 Å². The predicted octanol–water partition coefficient (Wildman–Crippen LogP) is 5.03. The van der Waals surface area contributed by atoms with Crippen molar-refractivity contribution < 1.29 is 9.18 Å². The van der Waals surface area contributed by atoms with Crippen molar-refractivity contribution >= 4 is 28.3 Å². The van der Waals surface area contributed by atoms with Crippen LogP contribution in [0.2, 0.25) is 0 Å². The number of halogens is 1. The molecule has 0 saturated carbocycles. The molecule has 1 fully saturated rings. The van der Waals surface area contributed by atoms with Crippen LogP contribution in [0.4, 0.5) is 4.39 Å². The second-order valence-electron chi connectivity index (χ2n) is 8.33. The Hall–Kier alpha value is -3.85. The molecule has 5 aromatic rings. The number of carbonyl (C=O) groups is 1. The van der Waals surface area contributed by atoms with Gasteiger partial charge in [-0.2, -0.15) is 0 Å². The largest absolute Gasteiger partial charge is 0.342 e. The molecule has 0 unspecified atom stereocenters. The number of aromatic nitrogens is 5. The number of amides is 1. The summed E-state index contributed by atoms with van der Waals surface area (Å²) < 4.78 is 15.4. The molecule has 1 saturated heterocycles. The SMILES string of the molecule is O=C(c1nc(-c2cccs2)n(-c2cccc(F)c2)n1)N1CCC(c2nc3ccccc3[nH]2)CC1. The predicted molar refractivity (Wildman–Crippen MR) is 129 cm³/mol. The summed E-state index contributed by atoms with van der Waals surface area (Å²) >= 11 is 1.50. The maximum atomic E-state index is 13.9. The van der Waals surface area contributed by atoms with Crippen LogP contribution < -0.4 is 0 Å². The molecule has 1 amide bonds. The lowest BCUT2D eigenvalue weighted by Crippen LogP contribution is -2.38. The number of para-hydroxylation sites is 2. The highest BCUT2D eigenvalue weighted by Gasteiger charge is 2.29. The fraction of sp³-hybridized carbons (Fsp3) is 0.200. The first-order valence-corrected chi connectivity index (χ1v) is 12.0. The van der Waals surface area contributed by atoms with E-state index in [-0.39, 0.29) is 23.5 Å². The number of H-pyrrole nitrogens is 1. The number of nitrogens with one attached hydrogen (secondary N) is 1. The maximum Gasteiger partial charge on any atom is 0.293 e. The van der Waals surface area contributed by atoms with E-state index >= 15 is 0 Å². The smallest absolute Gasteiger partial charge is 0.293 e. The summed E-state index contributed by atoms with van der Waals surface area (Å²) in [5.41, 5.74) is 2.52. The van der Waals surface area contributed by atoms with E-state index in [4.69, 9.17) is 4.98 Å². The summed E-state index contributed by atoms with van der Waals surface area (Å²) in [6.07, 6.45) is 1.63. The molecule has 0 radical (unpaired) electrons. The van der Waals surface area contributed by atoms with Gasteiger partial charge in [0.1, 0.15) is 11.6 Å². The fourth-order valence-electron chi connectivity index (χ4n) is 4.42. The van der Waals surface area contributed by atoms with Crippen LogP contribution in [0.5, 0.6) is 0 Å². The molecule has 1 N–H and O–H groups in total. The number of likely N-dealkylation sites (tertiary alicyclic amines) is 1. The maximum absolute atomic E-state index is 13.9. The van der Waals surface area contributed by atoms with Crippen molar-refractivity contribution in [3.63, 3.8) is 0 Å². The lowest BCUT2D eigenvalue weighted by Gasteiger charge is -2.30. The molecule has 34 heavy (non-hydrogen) atoms. The number of hydrogen-bond acceptors (Lipinski definition) is 5. The van der Waals surface area contributed by atoms with Crippen LogP contribution in [-0.4, -0.2) is 48.6 Å². The zero-order valence-corrected chi connectivity index (χ0v) is 19.0. The van der Waals surface area contributed by atoms with Crippen molar-refractivity contribution in [2.75, 3.05) is 13.1 Å². The van der Waals surface area contributed by atoms with Gasteiger partial charge in [0.25, 0.3) is 5.91 Å². The van der Waals surface area contributed by atoms with E-state index in [0.717, 1.165) is 34.6 Å². The third-order valence-corrected chi connectivity index (χ3v) is 7.04. The minimum atomic E-state index is -0.370. The van der Waals surface area contributed by atoms with Gasteiger partial charge in [-0.1, -0.05) is 24.3 Å². The summed E-state index contributed by atoms with van der Waals surface area (Å²) in [5, 5.41) is 6.43. The van der Waals surface area contributed by atoms with Crippen LogP contribution in [0, 0.1) is 5.82 Å². The zero-order chi connectivity index (χ0) is 23.1. The first-order valence-electron chi connectivity index (χ1n) is 11.2. The molecule has 0 aliphatic carbocycles. The van der Waals surface area contributed by atoms with Crippen LogP contribution in [0.25, 0.3) is 27.4 Å². The van der Waals surface area contributed by atoms with Crippen LogP contribution in [0.3, 0.4) is 0 Å². The summed E-state index contributed by atoms with van der Waals surface area (Å²) in [5.74, 6) is 1.32. The average Bonchev–Trinajstić information content (AvgIpc) is 3.63. The van der Waals surface area contributed by atoms with E-state index in [2.05, 4.69) is 15.1 Å². The van der Waals surface area contributed by atoms with Crippen molar-refractivity contribution in [2.24, 2.45) is 0 Å². The van der Waals surface area contributed by atoms with Gasteiger partial charge in [0.15, 0.2) is 5.82 Å². The summed E-state index contributed by atoms with van der Waals surface area (Å²) in [4.78, 5) is 28.7. The van der Waals surface area contributed by atoms with Crippen molar-refractivity contribution in [2.45, 2.75) is 18.8 Å². The van der Waals surface area contributed by atoms with Crippen LogP contribution >= 0.6 is 11.3 Å². The Morgan fingerprint density at radius 2 is 1.88 bits per heavy atom. The number of aromatic amines is 1. The van der Waals surface area contributed by atoms with E-state index < -0.39 is 0 Å². The van der Waals surface area contributed by atoms with Gasteiger partial charge in [0.05, 0.1) is 21.6 Å². The Morgan fingerprint density at radius 1 is 1.03 bits per heavy atom. The number of thiophene rings is 1. The van der Waals surface area contributed by atoms with E-state index in [0.29, 0.717) is 24.6 Å². The van der Waals surface area contributed by atoms with Crippen molar-refractivity contribution in [1.82, 2.24) is 29.6 Å². The Kier molecular flexibility index (Phi) is 5.18. The van der Waals surface area contributed by atoms with Crippen LogP contribution in [0.15, 0.2) is 66.0 Å². The van der Waals surface area contributed by atoms with E-state index in [9.17, 15) is 9.18 Å². The molecule has 0 spiro atoms. The number of rotatable bonds is 4. The molecule has 0 atom stereocenters. The molecular formula is C25H21FN6OS. The molecular weight excluding hydrogens is 451 g/mol. The second-order valence-corrected chi connectivity index (χ2v) is 9.28. The normalized spacial score (nSPS) is 14.7. The molecule has 1 aliphatic heterocycles. The van der Waals surface area contributed by atoms with Gasteiger partial charge < -0.3 is 9.88 Å². The minimum absolute atomic E-state index is 0.120. The van der Waals surface area contributed by atoms with Gasteiger partial charge in [-0.25, -0.2) is 19.0 Å². The highest BCUT2D eigenvalue weighted by Crippen LogP contribution is 2.29. The number of benzene rings is 2. The number of carbonyl (C=O) groups excluding carboxylic acids is 1. The first-order chi connectivity index (χ1) is 16.7. The number of hydrogen-bond donors (Lipinski definition) is 1. The molecule has 7 nitrogen and oxygen atoms in total.